The van der Waals surface area contributed by atoms with Crippen LogP contribution in [0.25, 0.3) is 5.65 Å². The van der Waals surface area contributed by atoms with E-state index in [0.29, 0.717) is 28.7 Å². The number of hydrogen-bond donors (Lipinski definition) is 4. The second kappa shape index (κ2) is 9.06. The predicted octanol–water partition coefficient (Wildman–Crippen LogP) is 3.24. The molecule has 0 saturated heterocycles. The minimum absolute atomic E-state index is 0.0131. The number of nitrogens with two attached hydrogens (primary N) is 1. The molecule has 0 aromatic carbocycles. The van der Waals surface area contributed by atoms with Gasteiger partial charge in [-0.2, -0.15) is 0 Å². The van der Waals surface area contributed by atoms with Gasteiger partial charge in [-0.15, -0.1) is 5.10 Å². The number of aromatic nitrogens is 5. The topological polar surface area (TPSA) is 148 Å². The van der Waals surface area contributed by atoms with E-state index < -0.39 is 11.7 Å². The lowest BCUT2D eigenvalue weighted by Crippen LogP contribution is -2.33. The lowest BCUT2D eigenvalue weighted by atomic mass is 9.92. The molecule has 1 amide bonds. The Morgan fingerprint density at radius 3 is 2.74 bits per heavy atom. The first-order chi connectivity index (χ1) is 16.5. The molecule has 4 aromatic rings. The number of fused-ring (bicyclic) bond motifs is 1. The van der Waals surface area contributed by atoms with E-state index in [0.717, 1.165) is 31.9 Å². The van der Waals surface area contributed by atoms with E-state index in [4.69, 9.17) is 10.3 Å². The molecule has 0 unspecified atom stereocenters. The van der Waals surface area contributed by atoms with Crippen LogP contribution in [-0.2, 0) is 0 Å². The van der Waals surface area contributed by atoms with Crippen molar-refractivity contribution in [3.63, 3.8) is 0 Å². The molecular formula is C22H24FN9O2. The molecule has 0 aliphatic heterocycles. The molecule has 0 bridgehead atoms. The van der Waals surface area contributed by atoms with Crippen LogP contribution in [0.5, 0.6) is 0 Å². The first-order valence-corrected chi connectivity index (χ1v) is 11.0. The number of carbonyl (C=O) groups is 1. The monoisotopic (exact) mass is 465 g/mol. The summed E-state index contributed by atoms with van der Waals surface area (Å²) in [4.78, 5) is 21.0. The van der Waals surface area contributed by atoms with Crippen LogP contribution in [0.1, 0.15) is 41.9 Å². The third-order valence-corrected chi connectivity index (χ3v) is 5.74. The quantitative estimate of drug-likeness (QED) is 0.337. The third-order valence-electron chi connectivity index (χ3n) is 5.74. The Hall–Kier alpha value is -4.06. The van der Waals surface area contributed by atoms with Crippen molar-refractivity contribution in [1.82, 2.24) is 24.7 Å². The van der Waals surface area contributed by atoms with Gasteiger partial charge in [-0.3, -0.25) is 9.78 Å². The van der Waals surface area contributed by atoms with Gasteiger partial charge in [0.25, 0.3) is 5.91 Å². The molecule has 176 valence electrons. The van der Waals surface area contributed by atoms with Gasteiger partial charge in [0, 0.05) is 30.4 Å². The fraction of sp³-hybridized carbons (Fsp3) is 0.318. The number of aryl methyl sites for hydroxylation is 1. The number of imidazole rings is 1. The average molecular weight is 465 g/mol. The van der Waals surface area contributed by atoms with E-state index in [9.17, 15) is 9.18 Å². The highest BCUT2D eigenvalue weighted by molar-refractivity contribution is 6.03. The van der Waals surface area contributed by atoms with E-state index in [1.807, 2.05) is 6.07 Å². The summed E-state index contributed by atoms with van der Waals surface area (Å²) in [5.74, 6) is 0.492. The smallest absolute Gasteiger partial charge is 0.276 e. The molecule has 5 rings (SSSR count). The fourth-order valence-electron chi connectivity index (χ4n) is 3.98. The van der Waals surface area contributed by atoms with Crippen molar-refractivity contribution >= 4 is 34.6 Å². The highest BCUT2D eigenvalue weighted by Crippen LogP contribution is 2.27. The molecule has 1 fully saturated rings. The summed E-state index contributed by atoms with van der Waals surface area (Å²) in [6.07, 6.45) is 7.52. The van der Waals surface area contributed by atoms with Gasteiger partial charge in [-0.05, 0) is 38.7 Å². The number of carbonyl (C=O) groups excluding carboxylic acids is 1. The molecule has 1 aliphatic rings. The molecular weight excluding hydrogens is 441 g/mol. The summed E-state index contributed by atoms with van der Waals surface area (Å²) in [5, 5.41) is 17.7. The lowest BCUT2D eigenvalue weighted by Gasteiger charge is -2.27. The van der Waals surface area contributed by atoms with E-state index in [1.54, 1.807) is 13.0 Å². The summed E-state index contributed by atoms with van der Waals surface area (Å²) in [5.41, 5.74) is 7.16. The molecule has 12 heteroatoms. The Balaban J connectivity index is 1.50. The van der Waals surface area contributed by atoms with E-state index in [1.165, 1.54) is 23.0 Å². The van der Waals surface area contributed by atoms with Crippen molar-refractivity contribution in [2.45, 2.75) is 44.7 Å². The van der Waals surface area contributed by atoms with Crippen LogP contribution >= 0.6 is 0 Å². The third kappa shape index (κ3) is 4.53. The Morgan fingerprint density at radius 2 is 2.00 bits per heavy atom. The van der Waals surface area contributed by atoms with E-state index >= 15 is 0 Å². The zero-order valence-electron chi connectivity index (χ0n) is 18.5. The largest absolute Gasteiger partial charge is 0.366 e. The Kier molecular flexibility index (Phi) is 5.80. The summed E-state index contributed by atoms with van der Waals surface area (Å²) in [6, 6.07) is 5.36. The van der Waals surface area contributed by atoms with Crippen molar-refractivity contribution in [3.05, 3.63) is 54.1 Å². The number of halogens is 1. The minimum atomic E-state index is -0.640. The molecule has 0 spiro atoms. The fourth-order valence-corrected chi connectivity index (χ4v) is 3.98. The van der Waals surface area contributed by atoms with Crippen molar-refractivity contribution in [1.29, 1.82) is 0 Å². The lowest BCUT2D eigenvalue weighted by molar-refractivity contribution is 0.102. The van der Waals surface area contributed by atoms with Gasteiger partial charge in [-0.25, -0.2) is 13.9 Å². The molecule has 4 heterocycles. The van der Waals surface area contributed by atoms with Crippen LogP contribution < -0.4 is 21.7 Å². The Bertz CT molecular complexity index is 1330. The normalized spacial score (nSPS) is 18.1. The summed E-state index contributed by atoms with van der Waals surface area (Å²) in [6.45, 7) is 1.79. The molecule has 4 aromatic heterocycles. The number of hydrogen-bond acceptors (Lipinski definition) is 9. The van der Waals surface area contributed by atoms with Crippen LogP contribution in [0.3, 0.4) is 0 Å². The standard InChI is InChI=1S/C22H24FN9O2/c1-12-8-20(31-34-12)28-17-9-19(27-14-4-2-13(24)3-5-14)30-32-18(11-26-21(17)32)22(33)29-16-6-7-25-10-15(16)23/h6-11,13-14H,2-5,24H2,1H3,(H,27,30)(H,28,31)(H,25,29,33). The van der Waals surface area contributed by atoms with Gasteiger partial charge in [-0.1, -0.05) is 5.16 Å². The van der Waals surface area contributed by atoms with Crippen LogP contribution in [0.15, 0.2) is 41.3 Å². The zero-order valence-corrected chi connectivity index (χ0v) is 18.5. The molecule has 1 saturated carbocycles. The number of nitrogens with zero attached hydrogens (tertiary/aromatic N) is 5. The molecule has 11 nitrogen and oxygen atoms in total. The Morgan fingerprint density at radius 1 is 1.18 bits per heavy atom. The maximum absolute atomic E-state index is 14.0. The summed E-state index contributed by atoms with van der Waals surface area (Å²) >= 11 is 0. The second-order valence-electron chi connectivity index (χ2n) is 8.34. The van der Waals surface area contributed by atoms with Crippen molar-refractivity contribution in [2.24, 2.45) is 5.73 Å². The van der Waals surface area contributed by atoms with E-state index in [-0.39, 0.29) is 23.5 Å². The first-order valence-electron chi connectivity index (χ1n) is 11.0. The zero-order chi connectivity index (χ0) is 23.7. The molecule has 5 N–H and O–H groups in total. The van der Waals surface area contributed by atoms with Crippen molar-refractivity contribution in [3.8, 4) is 0 Å². The summed E-state index contributed by atoms with van der Waals surface area (Å²) < 4.78 is 20.6. The van der Waals surface area contributed by atoms with Crippen LogP contribution in [0.4, 0.5) is 27.4 Å². The number of nitrogens with one attached hydrogen (secondary N) is 3. The number of pyridine rings is 1. The molecule has 34 heavy (non-hydrogen) atoms. The van der Waals surface area contributed by atoms with Crippen molar-refractivity contribution in [2.75, 3.05) is 16.0 Å². The molecule has 1 aliphatic carbocycles. The highest BCUT2D eigenvalue weighted by Gasteiger charge is 2.22. The Labute approximate surface area is 193 Å². The van der Waals surface area contributed by atoms with E-state index in [2.05, 4.69) is 36.2 Å². The van der Waals surface area contributed by atoms with Gasteiger partial charge >= 0.3 is 0 Å². The SMILES string of the molecule is Cc1cc(Nc2cc(NC3CCC(N)CC3)nn3c(C(=O)Nc4ccncc4F)cnc23)no1. The second-order valence-corrected chi connectivity index (χ2v) is 8.34. The van der Waals surface area contributed by atoms with Crippen LogP contribution in [0.2, 0.25) is 0 Å². The van der Waals surface area contributed by atoms with Gasteiger partial charge in [0.15, 0.2) is 23.0 Å². The van der Waals surface area contributed by atoms with Gasteiger partial charge < -0.3 is 26.2 Å². The van der Waals surface area contributed by atoms with Gasteiger partial charge in [0.1, 0.15) is 11.6 Å². The summed E-state index contributed by atoms with van der Waals surface area (Å²) in [7, 11) is 0. The predicted molar refractivity (Wildman–Crippen MR) is 124 cm³/mol. The van der Waals surface area contributed by atoms with Crippen molar-refractivity contribution < 1.29 is 13.7 Å². The molecule has 0 atom stereocenters. The molecule has 0 radical (unpaired) electrons. The van der Waals surface area contributed by atoms with Gasteiger partial charge in [0.05, 0.1) is 23.8 Å². The number of amides is 1. The van der Waals surface area contributed by atoms with Gasteiger partial charge in [0.2, 0.25) is 0 Å². The number of rotatable bonds is 6. The highest BCUT2D eigenvalue weighted by atomic mass is 19.1. The van der Waals surface area contributed by atoms with Crippen LogP contribution in [0, 0.1) is 12.7 Å². The minimum Gasteiger partial charge on any atom is -0.366 e. The van der Waals surface area contributed by atoms with Crippen LogP contribution in [-0.4, -0.2) is 42.7 Å². The maximum atomic E-state index is 14.0. The maximum Gasteiger partial charge on any atom is 0.276 e. The average Bonchev–Trinajstić information content (AvgIpc) is 3.43. The number of anilines is 4. The first kappa shape index (κ1) is 21.8.